The molecule has 0 radical (unpaired) electrons. The Morgan fingerprint density at radius 3 is 2.36 bits per heavy atom. The third kappa shape index (κ3) is 4.88. The Labute approximate surface area is 154 Å². The maximum Gasteiger partial charge on any atom is 0.119 e. The first kappa shape index (κ1) is 18.5. The van der Waals surface area contributed by atoms with Gasteiger partial charge in [0, 0.05) is 19.1 Å². The van der Waals surface area contributed by atoms with Crippen LogP contribution in [-0.2, 0) is 0 Å². The van der Waals surface area contributed by atoms with Crippen molar-refractivity contribution in [2.45, 2.75) is 78.4 Å². The lowest BCUT2D eigenvalue weighted by atomic mass is 9.85. The third-order valence-electron chi connectivity index (χ3n) is 6.02. The van der Waals surface area contributed by atoms with Gasteiger partial charge in [0.2, 0.25) is 0 Å². The molecule has 0 aromatic heterocycles. The molecule has 1 saturated heterocycles. The second kappa shape index (κ2) is 8.40. The maximum absolute atomic E-state index is 5.76. The van der Waals surface area contributed by atoms with Gasteiger partial charge in [-0.05, 0) is 75.6 Å². The standard InChI is InChI=1S/C23H35NO/c1-17(2)25-23-10-8-20(9-11-23)19(4)21-12-14-24(15-13-21)22-7-5-6-18(3)16-22/h8-11,17-18,22H,5-7,12-16H2,1-4H3. The summed E-state index contributed by atoms with van der Waals surface area (Å²) in [6.45, 7) is 11.4. The fraction of sp³-hybridized carbons (Fsp3) is 0.652. The van der Waals surface area contributed by atoms with Crippen LogP contribution < -0.4 is 4.74 Å². The second-order valence-electron chi connectivity index (χ2n) is 8.38. The first-order chi connectivity index (χ1) is 12.0. The molecule has 2 aliphatic rings. The summed E-state index contributed by atoms with van der Waals surface area (Å²) in [6.07, 6.45) is 8.40. The molecule has 2 fully saturated rings. The van der Waals surface area contributed by atoms with E-state index in [0.29, 0.717) is 0 Å². The SMILES string of the molecule is CC(=C1CCN(C2CCCC(C)C2)CC1)c1ccc(OC(C)C)cc1. The lowest BCUT2D eigenvalue weighted by molar-refractivity contribution is 0.126. The molecule has 1 aliphatic heterocycles. The highest BCUT2D eigenvalue weighted by atomic mass is 16.5. The van der Waals surface area contributed by atoms with Gasteiger partial charge in [-0.3, -0.25) is 4.90 Å². The number of benzene rings is 1. The highest BCUT2D eigenvalue weighted by molar-refractivity contribution is 5.67. The van der Waals surface area contributed by atoms with Gasteiger partial charge in [0.1, 0.15) is 5.75 Å². The van der Waals surface area contributed by atoms with Gasteiger partial charge in [-0.15, -0.1) is 0 Å². The highest BCUT2D eigenvalue weighted by Crippen LogP contribution is 2.32. The van der Waals surface area contributed by atoms with Crippen LogP contribution in [0.5, 0.6) is 5.75 Å². The Balaban J connectivity index is 1.60. The molecule has 1 aliphatic carbocycles. The molecule has 3 rings (SSSR count). The van der Waals surface area contributed by atoms with E-state index in [1.54, 1.807) is 5.57 Å². The van der Waals surface area contributed by atoms with Gasteiger partial charge >= 0.3 is 0 Å². The van der Waals surface area contributed by atoms with Gasteiger partial charge in [-0.1, -0.05) is 37.5 Å². The first-order valence-corrected chi connectivity index (χ1v) is 10.2. The van der Waals surface area contributed by atoms with Crippen LogP contribution in [-0.4, -0.2) is 30.1 Å². The molecule has 2 nitrogen and oxygen atoms in total. The van der Waals surface area contributed by atoms with Crippen molar-refractivity contribution in [3.05, 3.63) is 35.4 Å². The summed E-state index contributed by atoms with van der Waals surface area (Å²) >= 11 is 0. The van der Waals surface area contributed by atoms with Crippen LogP contribution in [0.1, 0.15) is 71.8 Å². The van der Waals surface area contributed by atoms with Crippen molar-refractivity contribution in [3.8, 4) is 5.75 Å². The number of hydrogen-bond acceptors (Lipinski definition) is 2. The molecule has 0 amide bonds. The van der Waals surface area contributed by atoms with Crippen LogP contribution in [0, 0.1) is 5.92 Å². The summed E-state index contributed by atoms with van der Waals surface area (Å²) < 4.78 is 5.76. The molecule has 1 aromatic rings. The fourth-order valence-electron chi connectivity index (χ4n) is 4.53. The summed E-state index contributed by atoms with van der Waals surface area (Å²) in [5, 5.41) is 0. The van der Waals surface area contributed by atoms with Gasteiger partial charge in [0.05, 0.1) is 6.10 Å². The number of rotatable bonds is 4. The van der Waals surface area contributed by atoms with E-state index in [2.05, 4.69) is 56.9 Å². The molecule has 0 N–H and O–H groups in total. The second-order valence-corrected chi connectivity index (χ2v) is 8.38. The zero-order valence-corrected chi connectivity index (χ0v) is 16.6. The van der Waals surface area contributed by atoms with E-state index in [1.807, 2.05) is 0 Å². The Bertz CT molecular complexity index is 577. The molecule has 2 heteroatoms. The van der Waals surface area contributed by atoms with Crippen molar-refractivity contribution >= 4 is 5.57 Å². The predicted octanol–water partition coefficient (Wildman–Crippen LogP) is 5.92. The minimum atomic E-state index is 0.233. The molecule has 2 unspecified atom stereocenters. The molecular formula is C23H35NO. The monoisotopic (exact) mass is 341 g/mol. The quantitative estimate of drug-likeness (QED) is 0.674. The largest absolute Gasteiger partial charge is 0.491 e. The molecular weight excluding hydrogens is 306 g/mol. The van der Waals surface area contributed by atoms with E-state index in [1.165, 1.54) is 62.8 Å². The lowest BCUT2D eigenvalue weighted by Gasteiger charge is -2.39. The van der Waals surface area contributed by atoms with Crippen LogP contribution in [0.15, 0.2) is 29.8 Å². The highest BCUT2D eigenvalue weighted by Gasteiger charge is 2.27. The number of piperidine rings is 1. The number of ether oxygens (including phenoxy) is 1. The molecule has 1 aromatic carbocycles. The Morgan fingerprint density at radius 2 is 1.76 bits per heavy atom. The minimum Gasteiger partial charge on any atom is -0.491 e. The summed E-state index contributed by atoms with van der Waals surface area (Å²) in [5.41, 5.74) is 4.48. The Hall–Kier alpha value is -1.28. The lowest BCUT2D eigenvalue weighted by Crippen LogP contribution is -2.42. The van der Waals surface area contributed by atoms with Crippen LogP contribution in [0.25, 0.3) is 5.57 Å². The van der Waals surface area contributed by atoms with Crippen LogP contribution >= 0.6 is 0 Å². The van der Waals surface area contributed by atoms with E-state index in [0.717, 1.165) is 17.7 Å². The summed E-state index contributed by atoms with van der Waals surface area (Å²) in [5.74, 6) is 1.89. The molecule has 0 bridgehead atoms. The summed E-state index contributed by atoms with van der Waals surface area (Å²) in [4.78, 5) is 2.77. The van der Waals surface area contributed by atoms with Crippen molar-refractivity contribution in [3.63, 3.8) is 0 Å². The molecule has 1 heterocycles. The summed E-state index contributed by atoms with van der Waals surface area (Å²) in [6, 6.07) is 9.50. The van der Waals surface area contributed by atoms with E-state index >= 15 is 0 Å². The van der Waals surface area contributed by atoms with E-state index < -0.39 is 0 Å². The maximum atomic E-state index is 5.76. The van der Waals surface area contributed by atoms with Crippen molar-refractivity contribution in [1.82, 2.24) is 4.90 Å². The molecule has 2 atom stereocenters. The van der Waals surface area contributed by atoms with Crippen LogP contribution in [0.2, 0.25) is 0 Å². The molecule has 138 valence electrons. The number of nitrogens with zero attached hydrogens (tertiary/aromatic N) is 1. The van der Waals surface area contributed by atoms with E-state index in [9.17, 15) is 0 Å². The van der Waals surface area contributed by atoms with Gasteiger partial charge in [-0.2, -0.15) is 0 Å². The topological polar surface area (TPSA) is 12.5 Å². The van der Waals surface area contributed by atoms with Crippen molar-refractivity contribution in [1.29, 1.82) is 0 Å². The van der Waals surface area contributed by atoms with Crippen LogP contribution in [0.3, 0.4) is 0 Å². The Morgan fingerprint density at radius 1 is 1.08 bits per heavy atom. The fourth-order valence-corrected chi connectivity index (χ4v) is 4.53. The average molecular weight is 342 g/mol. The van der Waals surface area contributed by atoms with Gasteiger partial charge < -0.3 is 4.74 Å². The van der Waals surface area contributed by atoms with E-state index in [-0.39, 0.29) is 6.10 Å². The molecule has 1 saturated carbocycles. The molecule has 0 spiro atoms. The smallest absolute Gasteiger partial charge is 0.119 e. The predicted molar refractivity (Wildman–Crippen MR) is 107 cm³/mol. The minimum absolute atomic E-state index is 0.233. The summed E-state index contributed by atoms with van der Waals surface area (Å²) in [7, 11) is 0. The van der Waals surface area contributed by atoms with Crippen molar-refractivity contribution in [2.24, 2.45) is 5.92 Å². The average Bonchev–Trinajstić information content (AvgIpc) is 2.61. The zero-order valence-electron chi connectivity index (χ0n) is 16.6. The molecule has 25 heavy (non-hydrogen) atoms. The third-order valence-corrected chi connectivity index (χ3v) is 6.02. The Kier molecular flexibility index (Phi) is 6.22. The number of likely N-dealkylation sites (tertiary alicyclic amines) is 1. The zero-order chi connectivity index (χ0) is 17.8. The van der Waals surface area contributed by atoms with Gasteiger partial charge in [0.25, 0.3) is 0 Å². The normalized spacial score (nSPS) is 25.2. The number of hydrogen-bond donors (Lipinski definition) is 0. The van der Waals surface area contributed by atoms with Crippen molar-refractivity contribution < 1.29 is 4.74 Å². The van der Waals surface area contributed by atoms with Gasteiger partial charge in [0.15, 0.2) is 0 Å². The number of allylic oxidation sites excluding steroid dienone is 1. The van der Waals surface area contributed by atoms with Gasteiger partial charge in [-0.25, -0.2) is 0 Å². The van der Waals surface area contributed by atoms with Crippen molar-refractivity contribution in [2.75, 3.05) is 13.1 Å². The van der Waals surface area contributed by atoms with Crippen LogP contribution in [0.4, 0.5) is 0 Å². The first-order valence-electron chi connectivity index (χ1n) is 10.2. The van der Waals surface area contributed by atoms with E-state index in [4.69, 9.17) is 4.74 Å².